The average molecular weight is 596 g/mol. The van der Waals surface area contributed by atoms with Crippen LogP contribution < -0.4 is 15.0 Å². The molecule has 8 rings (SSSR count). The number of aromatic nitrogens is 2. The third kappa shape index (κ3) is 4.90. The number of aromatic hydroxyl groups is 1. The van der Waals surface area contributed by atoms with Gasteiger partial charge in [0.05, 0.1) is 6.61 Å². The van der Waals surface area contributed by atoms with Gasteiger partial charge in [-0.05, 0) is 67.3 Å². The summed E-state index contributed by atoms with van der Waals surface area (Å²) in [6.07, 6.45) is 9.87. The van der Waals surface area contributed by atoms with Gasteiger partial charge in [0.1, 0.15) is 23.3 Å². The van der Waals surface area contributed by atoms with Crippen molar-refractivity contribution in [3.8, 4) is 35.2 Å². The number of halogens is 2. The van der Waals surface area contributed by atoms with E-state index in [0.717, 1.165) is 57.2 Å². The van der Waals surface area contributed by atoms with Gasteiger partial charge in [-0.3, -0.25) is 4.90 Å². The zero-order valence-electron chi connectivity index (χ0n) is 24.5. The molecular formula is C35H35F2N5O2. The van der Waals surface area contributed by atoms with Gasteiger partial charge < -0.3 is 20.1 Å². The lowest BCUT2D eigenvalue weighted by Crippen LogP contribution is -2.51. The van der Waals surface area contributed by atoms with Gasteiger partial charge in [0.2, 0.25) is 0 Å². The molecule has 3 aromatic carbocycles. The maximum atomic E-state index is 16.8. The Kier molecular flexibility index (Phi) is 6.61. The zero-order chi connectivity index (χ0) is 30.0. The van der Waals surface area contributed by atoms with E-state index in [2.05, 4.69) is 26.0 Å². The quantitative estimate of drug-likeness (QED) is 0.277. The third-order valence-electron chi connectivity index (χ3n) is 9.93. The monoisotopic (exact) mass is 595 g/mol. The molecule has 4 fully saturated rings. The van der Waals surface area contributed by atoms with Crippen molar-refractivity contribution in [3.63, 3.8) is 0 Å². The van der Waals surface area contributed by atoms with E-state index in [9.17, 15) is 9.50 Å². The summed E-state index contributed by atoms with van der Waals surface area (Å²) in [6, 6.07) is 13.2. The maximum Gasteiger partial charge on any atom is 0.319 e. The minimum Gasteiger partial charge on any atom is -0.508 e. The number of phenols is 1. The van der Waals surface area contributed by atoms with E-state index in [1.807, 2.05) is 24.3 Å². The maximum absolute atomic E-state index is 16.8. The van der Waals surface area contributed by atoms with Gasteiger partial charge in [-0.2, -0.15) is 9.97 Å². The van der Waals surface area contributed by atoms with E-state index in [0.29, 0.717) is 64.9 Å². The van der Waals surface area contributed by atoms with Crippen LogP contribution in [0.25, 0.3) is 32.8 Å². The molecule has 4 aliphatic rings. The molecule has 4 heterocycles. The second kappa shape index (κ2) is 10.6. The highest BCUT2D eigenvalue weighted by molar-refractivity contribution is 6.04. The van der Waals surface area contributed by atoms with Crippen molar-refractivity contribution < 1.29 is 18.6 Å². The molecule has 3 atom stereocenters. The molecule has 2 bridgehead atoms. The Morgan fingerprint density at radius 3 is 2.59 bits per heavy atom. The predicted octanol–water partition coefficient (Wildman–Crippen LogP) is 5.42. The molecular weight excluding hydrogens is 560 g/mol. The van der Waals surface area contributed by atoms with Crippen LogP contribution in [0.5, 0.6) is 11.8 Å². The average Bonchev–Trinajstić information content (AvgIpc) is 3.54. The fraction of sp³-hybridized carbons (Fsp3) is 0.429. The third-order valence-corrected chi connectivity index (χ3v) is 9.93. The summed E-state index contributed by atoms with van der Waals surface area (Å²) in [5.41, 5.74) is 1.54. The fourth-order valence-electron chi connectivity index (χ4n) is 7.50. The van der Waals surface area contributed by atoms with Crippen LogP contribution in [0.15, 0.2) is 42.5 Å². The van der Waals surface area contributed by atoms with E-state index in [1.165, 1.54) is 0 Å². The molecule has 0 radical (unpaired) electrons. The lowest BCUT2D eigenvalue weighted by molar-refractivity contribution is 0.165. The Balaban J connectivity index is 1.21. The van der Waals surface area contributed by atoms with Crippen molar-refractivity contribution in [2.75, 3.05) is 44.2 Å². The van der Waals surface area contributed by atoms with Crippen LogP contribution in [0, 0.1) is 23.6 Å². The number of nitrogens with one attached hydrogen (secondary N) is 1. The highest BCUT2D eigenvalue weighted by Crippen LogP contribution is 2.47. The number of terminal acetylenes is 1. The number of piperazine rings is 1. The van der Waals surface area contributed by atoms with Crippen molar-refractivity contribution in [2.24, 2.45) is 5.41 Å². The van der Waals surface area contributed by atoms with Crippen molar-refractivity contribution in [2.45, 2.75) is 50.4 Å². The topological polar surface area (TPSA) is 73.8 Å². The van der Waals surface area contributed by atoms with Crippen molar-refractivity contribution >= 4 is 27.5 Å². The smallest absolute Gasteiger partial charge is 0.319 e. The minimum atomic E-state index is -0.759. The molecule has 0 spiro atoms. The Morgan fingerprint density at radius 1 is 1.05 bits per heavy atom. The minimum absolute atomic E-state index is 0.0247. The largest absolute Gasteiger partial charge is 0.508 e. The van der Waals surface area contributed by atoms with Gasteiger partial charge in [-0.15, -0.1) is 6.42 Å². The van der Waals surface area contributed by atoms with Gasteiger partial charge in [-0.1, -0.05) is 24.1 Å². The predicted molar refractivity (Wildman–Crippen MR) is 167 cm³/mol. The molecule has 9 heteroatoms. The van der Waals surface area contributed by atoms with Crippen molar-refractivity contribution in [3.05, 3.63) is 53.8 Å². The number of likely N-dealkylation sites (tertiary alicyclic amines) is 1. The van der Waals surface area contributed by atoms with E-state index in [4.69, 9.17) is 16.1 Å². The molecule has 2 unspecified atom stereocenters. The molecule has 226 valence electrons. The second-order valence-electron chi connectivity index (χ2n) is 13.1. The van der Waals surface area contributed by atoms with E-state index < -0.39 is 12.0 Å². The lowest BCUT2D eigenvalue weighted by atomic mass is 9.93. The van der Waals surface area contributed by atoms with Crippen LogP contribution in [0.3, 0.4) is 0 Å². The van der Waals surface area contributed by atoms with Gasteiger partial charge in [0.15, 0.2) is 5.82 Å². The molecule has 1 saturated carbocycles. The summed E-state index contributed by atoms with van der Waals surface area (Å²) < 4.78 is 36.9. The number of anilines is 1. The molecule has 44 heavy (non-hydrogen) atoms. The normalized spacial score (nSPS) is 24.2. The van der Waals surface area contributed by atoms with Gasteiger partial charge in [-0.25, -0.2) is 8.78 Å². The van der Waals surface area contributed by atoms with E-state index in [1.54, 1.807) is 18.2 Å². The first-order valence-electron chi connectivity index (χ1n) is 15.6. The first-order chi connectivity index (χ1) is 21.4. The highest BCUT2D eigenvalue weighted by Gasteiger charge is 2.46. The number of hydrogen-bond donors (Lipinski definition) is 2. The number of nitrogens with zero attached hydrogens (tertiary/aromatic N) is 4. The Hall–Kier alpha value is -4.00. The van der Waals surface area contributed by atoms with Crippen LogP contribution in [0.4, 0.5) is 14.6 Å². The van der Waals surface area contributed by atoms with Crippen LogP contribution in [0.1, 0.15) is 37.7 Å². The molecule has 0 amide bonds. The van der Waals surface area contributed by atoms with Crippen molar-refractivity contribution in [1.29, 1.82) is 0 Å². The number of phenolic OH excluding ortho intramolecular Hbond substituents is 1. The molecule has 4 aromatic rings. The number of fused-ring (bicyclic) bond motifs is 4. The Bertz CT molecular complexity index is 1810. The summed E-state index contributed by atoms with van der Waals surface area (Å²) >= 11 is 0. The highest BCUT2D eigenvalue weighted by atomic mass is 19.1. The van der Waals surface area contributed by atoms with Crippen molar-refractivity contribution in [1.82, 2.24) is 20.2 Å². The number of hydrogen-bond acceptors (Lipinski definition) is 7. The molecule has 3 saturated heterocycles. The number of benzene rings is 3. The number of ether oxygens (including phenoxy) is 1. The van der Waals surface area contributed by atoms with Crippen LogP contribution in [-0.4, -0.2) is 77.6 Å². The van der Waals surface area contributed by atoms with Gasteiger partial charge >= 0.3 is 6.01 Å². The zero-order valence-corrected chi connectivity index (χ0v) is 24.5. The summed E-state index contributed by atoms with van der Waals surface area (Å²) in [7, 11) is 0. The van der Waals surface area contributed by atoms with Crippen LogP contribution in [0.2, 0.25) is 0 Å². The molecule has 2 N–H and O–H groups in total. The Morgan fingerprint density at radius 2 is 1.86 bits per heavy atom. The first-order valence-corrected chi connectivity index (χ1v) is 15.6. The molecule has 3 aliphatic heterocycles. The summed E-state index contributed by atoms with van der Waals surface area (Å²) in [5.74, 6) is 2.89. The number of alkyl halides is 1. The molecule has 7 nitrogen and oxygen atoms in total. The fourth-order valence-corrected chi connectivity index (χ4v) is 7.50. The second-order valence-corrected chi connectivity index (χ2v) is 13.1. The standard InChI is InChI=1S/C35H35F2N5O2/c1-2-21-4-3-5-22-14-26(43)15-29(30(21)22)27-8-9-28-32(31(27)37)39-34(40-33(28)42-17-24-6-7-25(18-42)38-24)44-20-35(11-12-35)19-41-13-10-23(36)16-41/h1,3-5,8-9,14-15,23-25,38,43H,6-7,10-13,16-20H2/t23-,24?,25?/m1/s1. The van der Waals surface area contributed by atoms with Crippen LogP contribution >= 0.6 is 0 Å². The summed E-state index contributed by atoms with van der Waals surface area (Å²) in [5, 5.41) is 16.3. The van der Waals surface area contributed by atoms with E-state index in [-0.39, 0.29) is 22.7 Å². The molecule has 1 aromatic heterocycles. The van der Waals surface area contributed by atoms with E-state index >= 15 is 4.39 Å². The van der Waals surface area contributed by atoms with Gasteiger partial charge in [0, 0.05) is 72.1 Å². The SMILES string of the molecule is C#Cc1cccc2cc(O)cc(-c3ccc4c(N5CC6CCC(C5)N6)nc(OCC5(CN6CC[C@@H](F)C6)CC5)nc4c3F)c12. The number of rotatable bonds is 7. The Labute approximate surface area is 255 Å². The molecule has 1 aliphatic carbocycles. The van der Waals surface area contributed by atoms with Gasteiger partial charge in [0.25, 0.3) is 0 Å². The summed E-state index contributed by atoms with van der Waals surface area (Å²) in [6.45, 7) is 3.99. The van der Waals surface area contributed by atoms with Crippen LogP contribution in [-0.2, 0) is 0 Å². The lowest BCUT2D eigenvalue weighted by Gasteiger charge is -2.34. The summed E-state index contributed by atoms with van der Waals surface area (Å²) in [4.78, 5) is 14.0. The first kappa shape index (κ1) is 27.5.